The Kier molecular flexibility index (Phi) is 8.04. The first-order chi connectivity index (χ1) is 14.6. The van der Waals surface area contributed by atoms with Crippen molar-refractivity contribution in [3.05, 3.63) is 70.6 Å². The molecule has 0 N–H and O–H groups in total. The molecule has 1 aliphatic heterocycles. The summed E-state index contributed by atoms with van der Waals surface area (Å²) in [6.07, 6.45) is 3.59. The number of carbonyl (C=O) groups is 2. The molecule has 0 radical (unpaired) electrons. The molecule has 30 heavy (non-hydrogen) atoms. The van der Waals surface area contributed by atoms with Crippen LogP contribution in [0.5, 0.6) is 5.75 Å². The fourth-order valence-electron chi connectivity index (χ4n) is 2.94. The molecule has 2 aromatic rings. The maximum atomic E-state index is 12.7. The van der Waals surface area contributed by atoms with Gasteiger partial charge < -0.3 is 9.47 Å². The van der Waals surface area contributed by atoms with Crippen LogP contribution in [0.25, 0.3) is 6.08 Å². The number of nitrogens with zero attached hydrogens (tertiary/aromatic N) is 1. The van der Waals surface area contributed by atoms with Gasteiger partial charge in [0.05, 0.1) is 11.5 Å². The molecule has 3 rings (SSSR count). The van der Waals surface area contributed by atoms with E-state index in [4.69, 9.17) is 21.7 Å². The van der Waals surface area contributed by atoms with Crippen molar-refractivity contribution in [2.45, 2.75) is 19.8 Å². The van der Waals surface area contributed by atoms with E-state index in [0.717, 1.165) is 18.4 Å². The number of ether oxygens (including phenoxy) is 2. The van der Waals surface area contributed by atoms with E-state index in [1.165, 1.54) is 17.3 Å². The minimum atomic E-state index is -0.405. The molecule has 1 saturated heterocycles. The maximum Gasteiger partial charge on any atom is 0.344 e. The summed E-state index contributed by atoms with van der Waals surface area (Å²) in [7, 11) is 0. The molecule has 0 spiro atoms. The zero-order chi connectivity index (χ0) is 21.3. The summed E-state index contributed by atoms with van der Waals surface area (Å²) in [6, 6.07) is 17.4. The van der Waals surface area contributed by atoms with Gasteiger partial charge in [0.1, 0.15) is 10.1 Å². The number of thioether (sulfide) groups is 1. The average Bonchev–Trinajstić information content (AvgIpc) is 3.01. The highest BCUT2D eigenvalue weighted by atomic mass is 32.2. The number of esters is 1. The highest BCUT2D eigenvalue weighted by Gasteiger charge is 2.31. The lowest BCUT2D eigenvalue weighted by molar-refractivity contribution is -0.145. The first kappa shape index (κ1) is 22.1. The van der Waals surface area contributed by atoms with Gasteiger partial charge in [0.25, 0.3) is 5.91 Å². The fraction of sp³-hybridized carbons (Fsp3) is 0.261. The molecule has 1 aliphatic rings. The highest BCUT2D eigenvalue weighted by Crippen LogP contribution is 2.33. The van der Waals surface area contributed by atoms with Gasteiger partial charge in [0.15, 0.2) is 6.61 Å². The molecule has 1 heterocycles. The Morgan fingerprint density at radius 2 is 1.87 bits per heavy atom. The van der Waals surface area contributed by atoms with Gasteiger partial charge >= 0.3 is 5.97 Å². The van der Waals surface area contributed by atoms with E-state index in [1.54, 1.807) is 24.0 Å². The lowest BCUT2D eigenvalue weighted by atomic mass is 10.1. The van der Waals surface area contributed by atoms with Crippen LogP contribution in [0.15, 0.2) is 59.5 Å². The molecule has 156 valence electrons. The predicted molar refractivity (Wildman–Crippen MR) is 123 cm³/mol. The molecule has 0 aromatic heterocycles. The molecule has 7 heteroatoms. The van der Waals surface area contributed by atoms with Crippen LogP contribution in [0.4, 0.5) is 0 Å². The van der Waals surface area contributed by atoms with Crippen LogP contribution < -0.4 is 4.74 Å². The van der Waals surface area contributed by atoms with E-state index in [2.05, 4.69) is 12.1 Å². The van der Waals surface area contributed by atoms with Crippen molar-refractivity contribution in [2.24, 2.45) is 0 Å². The molecule has 1 fully saturated rings. The molecule has 5 nitrogen and oxygen atoms in total. The van der Waals surface area contributed by atoms with Gasteiger partial charge in [-0.1, -0.05) is 66.4 Å². The number of hydrogen-bond donors (Lipinski definition) is 0. The summed E-state index contributed by atoms with van der Waals surface area (Å²) in [5.74, 6) is 0.104. The van der Waals surface area contributed by atoms with Crippen LogP contribution >= 0.6 is 24.0 Å². The number of carbonyl (C=O) groups excluding carboxylic acids is 2. The normalized spacial score (nSPS) is 15.0. The van der Waals surface area contributed by atoms with Crippen LogP contribution in [0.2, 0.25) is 0 Å². The number of hydrogen-bond acceptors (Lipinski definition) is 6. The molecule has 0 aliphatic carbocycles. The van der Waals surface area contributed by atoms with Crippen LogP contribution in [-0.4, -0.2) is 40.9 Å². The van der Waals surface area contributed by atoms with Crippen LogP contribution in [0.3, 0.4) is 0 Å². The van der Waals surface area contributed by atoms with Crippen molar-refractivity contribution in [2.75, 3.05) is 19.8 Å². The van der Waals surface area contributed by atoms with Crippen molar-refractivity contribution >= 4 is 46.3 Å². The second-order valence-corrected chi connectivity index (χ2v) is 8.26. The smallest absolute Gasteiger partial charge is 0.344 e. The first-order valence-electron chi connectivity index (χ1n) is 9.74. The van der Waals surface area contributed by atoms with E-state index in [-0.39, 0.29) is 12.5 Å². The Morgan fingerprint density at radius 1 is 1.13 bits per heavy atom. The van der Waals surface area contributed by atoms with Crippen LogP contribution in [0, 0.1) is 0 Å². The maximum absolute atomic E-state index is 12.7. The Morgan fingerprint density at radius 3 is 2.57 bits per heavy atom. The van der Waals surface area contributed by atoms with Gasteiger partial charge in [-0.25, -0.2) is 4.79 Å². The molecule has 1 amide bonds. The highest BCUT2D eigenvalue weighted by molar-refractivity contribution is 8.26. The zero-order valence-electron chi connectivity index (χ0n) is 16.7. The third kappa shape index (κ3) is 6.18. The lowest BCUT2D eigenvalue weighted by Crippen LogP contribution is -2.29. The second kappa shape index (κ2) is 10.9. The van der Waals surface area contributed by atoms with E-state index in [0.29, 0.717) is 28.1 Å². The standard InChI is InChI=1S/C23H23NO4S2/c1-2-27-21(25)16-28-19-12-10-18(11-13-19)15-20-22(26)24(23(29)30-20)14-6-9-17-7-4-3-5-8-17/h3-5,7-8,10-13,15H,2,6,9,14,16H2,1H3. The number of amides is 1. The second-order valence-electron chi connectivity index (χ2n) is 6.59. The van der Waals surface area contributed by atoms with Gasteiger partial charge in [-0.2, -0.15) is 0 Å². The summed E-state index contributed by atoms with van der Waals surface area (Å²) in [6.45, 7) is 2.55. The summed E-state index contributed by atoms with van der Waals surface area (Å²) < 4.78 is 10.8. The summed E-state index contributed by atoms with van der Waals surface area (Å²) in [4.78, 5) is 26.4. The van der Waals surface area contributed by atoms with Crippen molar-refractivity contribution in [1.82, 2.24) is 4.90 Å². The average molecular weight is 442 g/mol. The Balaban J connectivity index is 1.54. The molecule has 0 unspecified atom stereocenters. The first-order valence-corrected chi connectivity index (χ1v) is 11.0. The molecular formula is C23H23NO4S2. The quantitative estimate of drug-likeness (QED) is 0.325. The third-order valence-corrected chi connectivity index (χ3v) is 5.78. The Labute approximate surface area is 186 Å². The summed E-state index contributed by atoms with van der Waals surface area (Å²) >= 11 is 6.73. The van der Waals surface area contributed by atoms with Crippen molar-refractivity contribution < 1.29 is 19.1 Å². The number of benzene rings is 2. The van der Waals surface area contributed by atoms with Gasteiger partial charge in [-0.05, 0) is 49.1 Å². The molecule has 0 atom stereocenters. The summed E-state index contributed by atoms with van der Waals surface area (Å²) in [5, 5.41) is 0. The molecule has 2 aromatic carbocycles. The number of thiocarbonyl (C=S) groups is 1. The van der Waals surface area contributed by atoms with Gasteiger partial charge in [-0.3, -0.25) is 9.69 Å². The minimum Gasteiger partial charge on any atom is -0.482 e. The van der Waals surface area contributed by atoms with Crippen molar-refractivity contribution in [3.8, 4) is 5.75 Å². The summed E-state index contributed by atoms with van der Waals surface area (Å²) in [5.41, 5.74) is 2.12. The number of rotatable bonds is 9. The SMILES string of the molecule is CCOC(=O)COc1ccc(C=C2SC(=S)N(CCCc3ccccc3)C2=O)cc1. The largest absolute Gasteiger partial charge is 0.482 e. The van der Waals surface area contributed by atoms with Gasteiger partial charge in [0, 0.05) is 6.54 Å². The number of aryl methyl sites for hydroxylation is 1. The zero-order valence-corrected chi connectivity index (χ0v) is 18.3. The molecular weight excluding hydrogens is 418 g/mol. The predicted octanol–water partition coefficient (Wildman–Crippen LogP) is 4.46. The van der Waals surface area contributed by atoms with E-state index in [9.17, 15) is 9.59 Å². The minimum absolute atomic E-state index is 0.0549. The topological polar surface area (TPSA) is 55.8 Å². The monoisotopic (exact) mass is 441 g/mol. The lowest BCUT2D eigenvalue weighted by Gasteiger charge is -2.14. The van der Waals surface area contributed by atoms with Crippen molar-refractivity contribution in [1.29, 1.82) is 0 Å². The van der Waals surface area contributed by atoms with E-state index < -0.39 is 5.97 Å². The Bertz CT molecular complexity index is 926. The van der Waals surface area contributed by atoms with E-state index >= 15 is 0 Å². The van der Waals surface area contributed by atoms with Crippen molar-refractivity contribution in [3.63, 3.8) is 0 Å². The van der Waals surface area contributed by atoms with Gasteiger partial charge in [0.2, 0.25) is 0 Å². The fourth-order valence-corrected chi connectivity index (χ4v) is 4.24. The third-order valence-electron chi connectivity index (χ3n) is 4.40. The van der Waals surface area contributed by atoms with E-state index in [1.807, 2.05) is 36.4 Å². The van der Waals surface area contributed by atoms with Crippen LogP contribution in [0.1, 0.15) is 24.5 Å². The molecule has 0 bridgehead atoms. The van der Waals surface area contributed by atoms with Gasteiger partial charge in [-0.15, -0.1) is 0 Å². The van der Waals surface area contributed by atoms with Crippen LogP contribution in [-0.2, 0) is 20.7 Å². The molecule has 0 saturated carbocycles. The Hall–Kier alpha value is -2.64.